The zero-order chi connectivity index (χ0) is 19.2. The van der Waals surface area contributed by atoms with E-state index in [4.69, 9.17) is 0 Å². The number of anilines is 1. The van der Waals surface area contributed by atoms with Crippen molar-refractivity contribution in [2.24, 2.45) is 4.99 Å². The molecular formula is C16H26IN5O4S. The summed E-state index contributed by atoms with van der Waals surface area (Å²) in [5.74, 6) is 0.709. The summed E-state index contributed by atoms with van der Waals surface area (Å²) in [6, 6.07) is 4.29. The molecule has 0 aromatic heterocycles. The molecule has 27 heavy (non-hydrogen) atoms. The second kappa shape index (κ2) is 10.6. The third-order valence-corrected chi connectivity index (χ3v) is 5.36. The molecule has 0 heterocycles. The smallest absolute Gasteiger partial charge is 0.293 e. The molecule has 9 nitrogen and oxygen atoms in total. The van der Waals surface area contributed by atoms with Gasteiger partial charge in [-0.25, -0.2) is 8.42 Å². The lowest BCUT2D eigenvalue weighted by molar-refractivity contribution is -0.384. The predicted molar refractivity (Wildman–Crippen MR) is 117 cm³/mol. The summed E-state index contributed by atoms with van der Waals surface area (Å²) >= 11 is 0. The standard InChI is InChI=1S/C16H25N5O4S.HI/c1-17-16(20-12-5-3-4-6-12)19-10-9-18-14-8-7-13(26(2,24)25)11-15(14)21(22)23;/h7-8,11-12,18H,3-6,9-10H2,1-2H3,(H2,17,19,20);1H. The average Bonchev–Trinajstić information content (AvgIpc) is 3.09. The van der Waals surface area contributed by atoms with Crippen LogP contribution in [0.1, 0.15) is 25.7 Å². The van der Waals surface area contributed by atoms with Gasteiger partial charge in [-0.15, -0.1) is 24.0 Å². The highest BCUT2D eigenvalue weighted by Crippen LogP contribution is 2.27. The summed E-state index contributed by atoms with van der Waals surface area (Å²) in [4.78, 5) is 14.7. The number of halogens is 1. The molecule has 0 aliphatic heterocycles. The molecule has 0 radical (unpaired) electrons. The molecule has 0 bridgehead atoms. The molecule has 0 amide bonds. The van der Waals surface area contributed by atoms with Crippen molar-refractivity contribution in [2.45, 2.75) is 36.6 Å². The van der Waals surface area contributed by atoms with E-state index < -0.39 is 14.8 Å². The van der Waals surface area contributed by atoms with Crippen LogP contribution in [0.2, 0.25) is 0 Å². The highest BCUT2D eigenvalue weighted by atomic mass is 127. The fourth-order valence-electron chi connectivity index (χ4n) is 2.88. The van der Waals surface area contributed by atoms with Gasteiger partial charge in [0.2, 0.25) is 0 Å². The monoisotopic (exact) mass is 511 g/mol. The van der Waals surface area contributed by atoms with E-state index in [0.717, 1.165) is 25.2 Å². The van der Waals surface area contributed by atoms with Crippen molar-refractivity contribution in [3.8, 4) is 0 Å². The van der Waals surface area contributed by atoms with Crippen LogP contribution in [-0.4, -0.2) is 51.7 Å². The zero-order valence-electron chi connectivity index (χ0n) is 15.4. The lowest BCUT2D eigenvalue weighted by Crippen LogP contribution is -2.43. The number of benzene rings is 1. The van der Waals surface area contributed by atoms with Crippen LogP contribution in [0.3, 0.4) is 0 Å². The fourth-order valence-corrected chi connectivity index (χ4v) is 3.52. The molecule has 0 atom stereocenters. The van der Waals surface area contributed by atoms with Crippen LogP contribution in [-0.2, 0) is 9.84 Å². The molecule has 1 aromatic rings. The third-order valence-electron chi connectivity index (χ3n) is 4.25. The number of nitrogens with one attached hydrogen (secondary N) is 3. The summed E-state index contributed by atoms with van der Waals surface area (Å²) in [7, 11) is -1.79. The molecule has 1 fully saturated rings. The number of nitrogens with zero attached hydrogens (tertiary/aromatic N) is 2. The van der Waals surface area contributed by atoms with E-state index in [1.165, 1.54) is 25.0 Å². The van der Waals surface area contributed by atoms with Crippen molar-refractivity contribution in [3.63, 3.8) is 0 Å². The van der Waals surface area contributed by atoms with Gasteiger partial charge in [-0.05, 0) is 25.0 Å². The molecule has 2 rings (SSSR count). The maximum Gasteiger partial charge on any atom is 0.293 e. The molecule has 152 valence electrons. The second-order valence-corrected chi connectivity index (χ2v) is 8.28. The van der Waals surface area contributed by atoms with Crippen molar-refractivity contribution in [3.05, 3.63) is 28.3 Å². The van der Waals surface area contributed by atoms with Crippen LogP contribution in [0.15, 0.2) is 28.1 Å². The van der Waals surface area contributed by atoms with Crippen molar-refractivity contribution in [1.29, 1.82) is 0 Å². The Kier molecular flexibility index (Phi) is 9.22. The third kappa shape index (κ3) is 7.13. The minimum Gasteiger partial charge on any atom is -0.378 e. The van der Waals surface area contributed by atoms with Gasteiger partial charge in [0.25, 0.3) is 5.69 Å². The van der Waals surface area contributed by atoms with E-state index in [0.29, 0.717) is 25.1 Å². The summed E-state index contributed by atoms with van der Waals surface area (Å²) < 4.78 is 23.1. The van der Waals surface area contributed by atoms with Gasteiger partial charge in [-0.2, -0.15) is 0 Å². The molecule has 0 unspecified atom stereocenters. The number of guanidine groups is 1. The summed E-state index contributed by atoms with van der Waals surface area (Å²) in [6.45, 7) is 0.932. The lowest BCUT2D eigenvalue weighted by Gasteiger charge is -2.17. The van der Waals surface area contributed by atoms with Gasteiger partial charge >= 0.3 is 0 Å². The Hall–Kier alpha value is -1.63. The first-order valence-corrected chi connectivity index (χ1v) is 10.4. The SMILES string of the molecule is CN=C(NCCNc1ccc(S(C)(=O)=O)cc1[N+](=O)[O-])NC1CCCC1.I. The maximum atomic E-state index is 11.6. The summed E-state index contributed by atoms with van der Waals surface area (Å²) in [6.07, 6.45) is 5.74. The van der Waals surface area contributed by atoms with Gasteiger partial charge < -0.3 is 16.0 Å². The van der Waals surface area contributed by atoms with E-state index in [9.17, 15) is 18.5 Å². The first kappa shape index (κ1) is 23.4. The average molecular weight is 511 g/mol. The first-order valence-electron chi connectivity index (χ1n) is 8.51. The van der Waals surface area contributed by atoms with Gasteiger partial charge in [0.1, 0.15) is 5.69 Å². The van der Waals surface area contributed by atoms with Crippen LogP contribution in [0.5, 0.6) is 0 Å². The molecule has 1 aliphatic rings. The molecule has 0 saturated heterocycles. The van der Waals surface area contributed by atoms with Crippen molar-refractivity contribution in [2.75, 3.05) is 31.7 Å². The fraction of sp³-hybridized carbons (Fsp3) is 0.562. The molecule has 1 saturated carbocycles. The highest BCUT2D eigenvalue weighted by Gasteiger charge is 2.19. The quantitative estimate of drug-likeness (QED) is 0.128. The Morgan fingerprint density at radius 2 is 1.96 bits per heavy atom. The molecule has 0 spiro atoms. The Morgan fingerprint density at radius 3 is 2.52 bits per heavy atom. The van der Waals surface area contributed by atoms with E-state index in [1.807, 2.05) is 0 Å². The van der Waals surface area contributed by atoms with Gasteiger partial charge in [0.15, 0.2) is 15.8 Å². The Labute approximate surface area is 176 Å². The summed E-state index contributed by atoms with van der Waals surface area (Å²) in [5.41, 5.74) is 0.0179. The lowest BCUT2D eigenvalue weighted by atomic mass is 10.2. The van der Waals surface area contributed by atoms with Crippen LogP contribution in [0, 0.1) is 10.1 Å². The van der Waals surface area contributed by atoms with Crippen LogP contribution in [0.4, 0.5) is 11.4 Å². The van der Waals surface area contributed by atoms with E-state index >= 15 is 0 Å². The normalized spacial score (nSPS) is 15.1. The number of hydrogen-bond acceptors (Lipinski definition) is 6. The minimum atomic E-state index is -3.50. The van der Waals surface area contributed by atoms with Crippen LogP contribution >= 0.6 is 24.0 Å². The number of hydrogen-bond donors (Lipinski definition) is 3. The topological polar surface area (TPSA) is 126 Å². The van der Waals surface area contributed by atoms with Crippen molar-refractivity contribution in [1.82, 2.24) is 10.6 Å². The molecule has 1 aliphatic carbocycles. The number of nitro benzene ring substituents is 1. The number of nitro groups is 1. The number of rotatable bonds is 7. The van der Waals surface area contributed by atoms with Crippen LogP contribution in [0.25, 0.3) is 0 Å². The number of sulfone groups is 1. The van der Waals surface area contributed by atoms with Gasteiger partial charge in [0.05, 0.1) is 9.82 Å². The van der Waals surface area contributed by atoms with Gasteiger partial charge in [-0.1, -0.05) is 12.8 Å². The first-order chi connectivity index (χ1) is 12.3. The molecule has 11 heteroatoms. The molecule has 3 N–H and O–H groups in total. The van der Waals surface area contributed by atoms with Crippen molar-refractivity contribution < 1.29 is 13.3 Å². The van der Waals surface area contributed by atoms with E-state index in [2.05, 4.69) is 20.9 Å². The zero-order valence-corrected chi connectivity index (χ0v) is 18.5. The number of aliphatic imine (C=N–C) groups is 1. The largest absolute Gasteiger partial charge is 0.378 e. The Balaban J connectivity index is 0.00000364. The minimum absolute atomic E-state index is 0. The highest BCUT2D eigenvalue weighted by molar-refractivity contribution is 14.0. The van der Waals surface area contributed by atoms with Gasteiger partial charge in [0, 0.05) is 38.5 Å². The molecular weight excluding hydrogens is 485 g/mol. The van der Waals surface area contributed by atoms with Crippen molar-refractivity contribution >= 4 is 51.1 Å². The van der Waals surface area contributed by atoms with Crippen LogP contribution < -0.4 is 16.0 Å². The van der Waals surface area contributed by atoms with E-state index in [-0.39, 0.29) is 40.2 Å². The van der Waals surface area contributed by atoms with Gasteiger partial charge in [-0.3, -0.25) is 15.1 Å². The summed E-state index contributed by atoms with van der Waals surface area (Å²) in [5, 5.41) is 20.7. The predicted octanol–water partition coefficient (Wildman–Crippen LogP) is 2.14. The molecule has 1 aromatic carbocycles. The second-order valence-electron chi connectivity index (χ2n) is 6.26. The van der Waals surface area contributed by atoms with E-state index in [1.54, 1.807) is 7.05 Å². The maximum absolute atomic E-state index is 11.6. The Morgan fingerprint density at radius 1 is 1.30 bits per heavy atom. The Bertz CT molecular complexity index is 779.